The van der Waals surface area contributed by atoms with Crippen LogP contribution < -0.4 is 10.2 Å². The molecule has 0 aliphatic carbocycles. The van der Waals surface area contributed by atoms with Gasteiger partial charge in [-0.15, -0.1) is 10.2 Å². The molecule has 2 atom stereocenters. The Kier molecular flexibility index (Phi) is 4.92. The number of nitrogens with zero attached hydrogens (tertiary/aromatic N) is 3. The van der Waals surface area contributed by atoms with Crippen molar-refractivity contribution >= 4 is 34.0 Å². The van der Waals surface area contributed by atoms with Gasteiger partial charge in [-0.3, -0.25) is 14.9 Å². The number of amides is 2. The SMILES string of the molecule is Cc1ccc(N2CC(c3nnc(NC(=O)C4CCCO4)s3)CC2=O)cc1C. The Morgan fingerprint density at radius 1 is 1.30 bits per heavy atom. The molecule has 0 radical (unpaired) electrons. The van der Waals surface area contributed by atoms with Crippen molar-refractivity contribution in [2.45, 2.75) is 45.1 Å². The summed E-state index contributed by atoms with van der Waals surface area (Å²) in [5.41, 5.74) is 3.29. The fraction of sp³-hybridized carbons (Fsp3) is 0.474. The molecule has 2 saturated heterocycles. The maximum Gasteiger partial charge on any atom is 0.255 e. The molecule has 2 aliphatic rings. The predicted octanol–water partition coefficient (Wildman–Crippen LogP) is 2.79. The monoisotopic (exact) mass is 386 g/mol. The molecule has 2 fully saturated rings. The smallest absolute Gasteiger partial charge is 0.255 e. The van der Waals surface area contributed by atoms with Crippen LogP contribution in [0.1, 0.15) is 41.3 Å². The fourth-order valence-corrected chi connectivity index (χ4v) is 4.27. The van der Waals surface area contributed by atoms with Crippen molar-refractivity contribution in [3.05, 3.63) is 34.3 Å². The van der Waals surface area contributed by atoms with E-state index in [0.29, 0.717) is 24.7 Å². The van der Waals surface area contributed by atoms with E-state index in [-0.39, 0.29) is 17.7 Å². The number of carbonyl (C=O) groups is 2. The van der Waals surface area contributed by atoms with E-state index in [9.17, 15) is 9.59 Å². The van der Waals surface area contributed by atoms with E-state index in [0.717, 1.165) is 23.5 Å². The third kappa shape index (κ3) is 3.72. The molecule has 0 spiro atoms. The van der Waals surface area contributed by atoms with Crippen LogP contribution in [0, 0.1) is 13.8 Å². The molecule has 142 valence electrons. The third-order valence-corrected chi connectivity index (χ3v) is 6.17. The lowest BCUT2D eigenvalue weighted by Crippen LogP contribution is -2.26. The van der Waals surface area contributed by atoms with Crippen LogP contribution in [0.15, 0.2) is 18.2 Å². The standard InChI is InChI=1S/C19H22N4O3S/c1-11-5-6-14(8-12(11)2)23-10-13(9-16(23)24)18-21-22-19(27-18)20-17(25)15-4-3-7-26-15/h5-6,8,13,15H,3-4,7,9-10H2,1-2H3,(H,20,22,25). The Hall–Kier alpha value is -2.32. The summed E-state index contributed by atoms with van der Waals surface area (Å²) in [5, 5.41) is 12.3. The number of aromatic nitrogens is 2. The number of carbonyl (C=O) groups excluding carboxylic acids is 2. The predicted molar refractivity (Wildman–Crippen MR) is 103 cm³/mol. The van der Waals surface area contributed by atoms with Gasteiger partial charge in [0.2, 0.25) is 11.0 Å². The van der Waals surface area contributed by atoms with Crippen LogP contribution in [0.25, 0.3) is 0 Å². The molecule has 7 nitrogen and oxygen atoms in total. The second-order valence-corrected chi connectivity index (χ2v) is 8.12. The molecule has 1 aromatic heterocycles. The van der Waals surface area contributed by atoms with Crippen molar-refractivity contribution in [1.82, 2.24) is 10.2 Å². The van der Waals surface area contributed by atoms with Crippen LogP contribution in [-0.2, 0) is 14.3 Å². The highest BCUT2D eigenvalue weighted by molar-refractivity contribution is 7.15. The van der Waals surface area contributed by atoms with Gasteiger partial charge in [-0.2, -0.15) is 0 Å². The summed E-state index contributed by atoms with van der Waals surface area (Å²) in [6.45, 7) is 5.31. The van der Waals surface area contributed by atoms with Crippen molar-refractivity contribution in [1.29, 1.82) is 0 Å². The summed E-state index contributed by atoms with van der Waals surface area (Å²) < 4.78 is 5.38. The third-order valence-electron chi connectivity index (χ3n) is 5.17. The number of hydrogen-bond donors (Lipinski definition) is 1. The number of hydrogen-bond acceptors (Lipinski definition) is 6. The molecule has 3 heterocycles. The Bertz CT molecular complexity index is 876. The van der Waals surface area contributed by atoms with E-state index in [1.165, 1.54) is 22.5 Å². The van der Waals surface area contributed by atoms with Gasteiger partial charge in [0.1, 0.15) is 11.1 Å². The molecular formula is C19H22N4O3S. The highest BCUT2D eigenvalue weighted by Gasteiger charge is 2.34. The van der Waals surface area contributed by atoms with Gasteiger partial charge in [0.25, 0.3) is 5.91 Å². The first-order chi connectivity index (χ1) is 13.0. The van der Waals surface area contributed by atoms with Crippen molar-refractivity contribution in [2.24, 2.45) is 0 Å². The summed E-state index contributed by atoms with van der Waals surface area (Å²) in [7, 11) is 0. The van der Waals surface area contributed by atoms with Crippen molar-refractivity contribution < 1.29 is 14.3 Å². The van der Waals surface area contributed by atoms with E-state index in [4.69, 9.17) is 4.74 Å². The summed E-state index contributed by atoms with van der Waals surface area (Å²) in [4.78, 5) is 26.5. The first kappa shape index (κ1) is 18.1. The number of anilines is 2. The maximum atomic E-state index is 12.5. The van der Waals surface area contributed by atoms with Crippen LogP contribution in [0.5, 0.6) is 0 Å². The molecule has 4 rings (SSSR count). The largest absolute Gasteiger partial charge is 0.368 e. The number of rotatable bonds is 4. The number of nitrogens with one attached hydrogen (secondary N) is 1. The Labute approximate surface area is 161 Å². The Morgan fingerprint density at radius 2 is 2.15 bits per heavy atom. The van der Waals surface area contributed by atoms with Crippen LogP contribution in [0.3, 0.4) is 0 Å². The molecule has 2 amide bonds. The molecule has 2 aliphatic heterocycles. The van der Waals surface area contributed by atoms with Crippen LogP contribution >= 0.6 is 11.3 Å². The lowest BCUT2D eigenvalue weighted by atomic mass is 10.1. The van der Waals surface area contributed by atoms with E-state index in [2.05, 4.69) is 22.4 Å². The summed E-state index contributed by atoms with van der Waals surface area (Å²) >= 11 is 1.33. The van der Waals surface area contributed by atoms with E-state index in [1.54, 1.807) is 0 Å². The molecular weight excluding hydrogens is 364 g/mol. The minimum Gasteiger partial charge on any atom is -0.368 e. The van der Waals surface area contributed by atoms with Gasteiger partial charge in [-0.05, 0) is 49.9 Å². The van der Waals surface area contributed by atoms with Gasteiger partial charge in [-0.1, -0.05) is 17.4 Å². The molecule has 2 aromatic rings. The molecule has 1 N–H and O–H groups in total. The van der Waals surface area contributed by atoms with Crippen LogP contribution in [0.2, 0.25) is 0 Å². The van der Waals surface area contributed by atoms with Gasteiger partial charge in [-0.25, -0.2) is 0 Å². The van der Waals surface area contributed by atoms with Crippen LogP contribution in [0.4, 0.5) is 10.8 Å². The maximum absolute atomic E-state index is 12.5. The Morgan fingerprint density at radius 3 is 2.89 bits per heavy atom. The summed E-state index contributed by atoms with van der Waals surface area (Å²) in [5.74, 6) is -0.0946. The van der Waals surface area contributed by atoms with Crippen molar-refractivity contribution in [3.8, 4) is 0 Å². The topological polar surface area (TPSA) is 84.4 Å². The van der Waals surface area contributed by atoms with Crippen molar-refractivity contribution in [2.75, 3.05) is 23.4 Å². The first-order valence-electron chi connectivity index (χ1n) is 9.15. The highest BCUT2D eigenvalue weighted by atomic mass is 32.1. The second kappa shape index (κ2) is 7.36. The lowest BCUT2D eigenvalue weighted by molar-refractivity contribution is -0.124. The van der Waals surface area contributed by atoms with Crippen LogP contribution in [-0.4, -0.2) is 41.3 Å². The van der Waals surface area contributed by atoms with Gasteiger partial charge in [0.05, 0.1) is 0 Å². The van der Waals surface area contributed by atoms with Gasteiger partial charge in [0.15, 0.2) is 0 Å². The minimum atomic E-state index is -0.398. The molecule has 8 heteroatoms. The van der Waals surface area contributed by atoms with Crippen molar-refractivity contribution in [3.63, 3.8) is 0 Å². The molecule has 0 saturated carbocycles. The zero-order valence-corrected chi connectivity index (χ0v) is 16.2. The zero-order chi connectivity index (χ0) is 19.0. The number of aryl methyl sites for hydroxylation is 2. The number of ether oxygens (including phenoxy) is 1. The summed E-state index contributed by atoms with van der Waals surface area (Å²) in [6, 6.07) is 6.06. The highest BCUT2D eigenvalue weighted by Crippen LogP contribution is 2.34. The van der Waals surface area contributed by atoms with Gasteiger partial charge in [0, 0.05) is 31.2 Å². The first-order valence-corrected chi connectivity index (χ1v) is 9.96. The second-order valence-electron chi connectivity index (χ2n) is 7.11. The summed E-state index contributed by atoms with van der Waals surface area (Å²) in [6.07, 6.45) is 1.64. The van der Waals surface area contributed by atoms with E-state index >= 15 is 0 Å². The molecule has 2 unspecified atom stereocenters. The van der Waals surface area contributed by atoms with E-state index in [1.807, 2.05) is 30.0 Å². The minimum absolute atomic E-state index is 0.00927. The number of benzene rings is 1. The average Bonchev–Trinajstić information content (AvgIpc) is 3.38. The van der Waals surface area contributed by atoms with E-state index < -0.39 is 6.10 Å². The average molecular weight is 386 g/mol. The van der Waals surface area contributed by atoms with Gasteiger partial charge < -0.3 is 9.64 Å². The fourth-order valence-electron chi connectivity index (χ4n) is 3.44. The van der Waals surface area contributed by atoms with Gasteiger partial charge >= 0.3 is 0 Å². The molecule has 1 aromatic carbocycles. The Balaban J connectivity index is 1.43. The molecule has 27 heavy (non-hydrogen) atoms. The quantitative estimate of drug-likeness (QED) is 0.873. The zero-order valence-electron chi connectivity index (χ0n) is 15.4. The lowest BCUT2D eigenvalue weighted by Gasteiger charge is -2.17. The molecule has 0 bridgehead atoms. The normalized spacial score (nSPS) is 22.4.